The molecule has 0 aliphatic carbocycles. The minimum Gasteiger partial charge on any atom is -0.382 e. The van der Waals surface area contributed by atoms with Gasteiger partial charge in [0.25, 0.3) is 0 Å². The number of amides is 1. The van der Waals surface area contributed by atoms with Gasteiger partial charge in [0.2, 0.25) is 5.91 Å². The van der Waals surface area contributed by atoms with Crippen LogP contribution in [0.5, 0.6) is 0 Å². The molecule has 0 radical (unpaired) electrons. The summed E-state index contributed by atoms with van der Waals surface area (Å²) in [5.41, 5.74) is 4.91. The first-order chi connectivity index (χ1) is 8.97. The molecule has 2 rings (SSSR count). The van der Waals surface area contributed by atoms with Crippen LogP contribution in [0.2, 0.25) is 0 Å². The zero-order chi connectivity index (χ0) is 14.0. The Hall–Kier alpha value is -2.51. The number of rotatable bonds is 3. The fraction of sp³-hybridized carbons (Fsp3) is 0.0909. The van der Waals surface area contributed by atoms with Crippen LogP contribution in [0.15, 0.2) is 24.4 Å². The number of carbonyl (C=O) groups excluding carboxylic acids is 1. The van der Waals surface area contributed by atoms with Gasteiger partial charge in [-0.05, 0) is 18.2 Å². The molecule has 100 valence electrons. The molecule has 1 amide bonds. The average Bonchev–Trinajstić information content (AvgIpc) is 2.75. The third-order valence-electron chi connectivity index (χ3n) is 2.28. The number of aromatic nitrogens is 2. The van der Waals surface area contributed by atoms with Crippen molar-refractivity contribution in [1.29, 1.82) is 0 Å². The molecule has 19 heavy (non-hydrogen) atoms. The Morgan fingerprint density at radius 3 is 2.63 bits per heavy atom. The molecule has 0 atom stereocenters. The third kappa shape index (κ3) is 2.84. The lowest BCUT2D eigenvalue weighted by atomic mass is 10.2. The van der Waals surface area contributed by atoms with Crippen molar-refractivity contribution in [3.8, 4) is 0 Å². The highest BCUT2D eigenvalue weighted by Crippen LogP contribution is 2.19. The van der Waals surface area contributed by atoms with Gasteiger partial charge >= 0.3 is 0 Å². The first-order valence-electron chi connectivity index (χ1n) is 5.19. The number of hydrogen-bond donors (Lipinski definition) is 2. The summed E-state index contributed by atoms with van der Waals surface area (Å²) in [6.07, 6.45) is 1.45. The zero-order valence-electron chi connectivity index (χ0n) is 9.53. The first-order valence-corrected chi connectivity index (χ1v) is 5.19. The Labute approximate surface area is 105 Å². The molecule has 1 heterocycles. The van der Waals surface area contributed by atoms with E-state index in [1.165, 1.54) is 16.9 Å². The lowest BCUT2D eigenvalue weighted by Gasteiger charge is -2.07. The summed E-state index contributed by atoms with van der Waals surface area (Å²) < 4.78 is 40.1. The fourth-order valence-electron chi connectivity index (χ4n) is 1.42. The molecule has 0 saturated heterocycles. The van der Waals surface area contributed by atoms with Crippen LogP contribution in [0.25, 0.3) is 0 Å². The van der Waals surface area contributed by atoms with E-state index < -0.39 is 29.0 Å². The second kappa shape index (κ2) is 5.01. The number of benzene rings is 1. The van der Waals surface area contributed by atoms with Crippen LogP contribution in [0.3, 0.4) is 0 Å². The number of hydrogen-bond acceptors (Lipinski definition) is 3. The van der Waals surface area contributed by atoms with E-state index in [2.05, 4.69) is 10.4 Å². The molecule has 2 aromatic rings. The molecule has 0 fully saturated rings. The Bertz CT molecular complexity index is 626. The monoisotopic (exact) mass is 270 g/mol. The van der Waals surface area contributed by atoms with E-state index in [0.717, 1.165) is 12.1 Å². The zero-order valence-corrected chi connectivity index (χ0v) is 9.53. The van der Waals surface area contributed by atoms with Crippen molar-refractivity contribution in [1.82, 2.24) is 9.78 Å². The summed E-state index contributed by atoms with van der Waals surface area (Å²) in [6.45, 7) is -0.227. The van der Waals surface area contributed by atoms with Gasteiger partial charge in [0.1, 0.15) is 12.4 Å². The van der Waals surface area contributed by atoms with Crippen molar-refractivity contribution in [3.63, 3.8) is 0 Å². The molecule has 1 aromatic carbocycles. The van der Waals surface area contributed by atoms with E-state index >= 15 is 0 Å². The summed E-state index contributed by atoms with van der Waals surface area (Å²) >= 11 is 0. The first kappa shape index (κ1) is 12.9. The van der Waals surface area contributed by atoms with Crippen LogP contribution in [0, 0.1) is 17.5 Å². The second-order valence-corrected chi connectivity index (χ2v) is 3.71. The second-order valence-electron chi connectivity index (χ2n) is 3.71. The van der Waals surface area contributed by atoms with Crippen molar-refractivity contribution in [2.75, 3.05) is 11.1 Å². The highest BCUT2D eigenvalue weighted by atomic mass is 19.2. The smallest absolute Gasteiger partial charge is 0.246 e. The molecule has 0 aliphatic heterocycles. The van der Waals surface area contributed by atoms with E-state index in [9.17, 15) is 18.0 Å². The van der Waals surface area contributed by atoms with Crippen LogP contribution in [0.4, 0.5) is 24.7 Å². The topological polar surface area (TPSA) is 72.9 Å². The number of nitrogens with one attached hydrogen (secondary N) is 1. The number of nitrogens with zero attached hydrogens (tertiary/aromatic N) is 2. The molecule has 3 N–H and O–H groups in total. The molecule has 0 bridgehead atoms. The van der Waals surface area contributed by atoms with Crippen molar-refractivity contribution in [3.05, 3.63) is 41.8 Å². The van der Waals surface area contributed by atoms with Crippen LogP contribution >= 0.6 is 0 Å². The van der Waals surface area contributed by atoms with Gasteiger partial charge in [0, 0.05) is 6.20 Å². The van der Waals surface area contributed by atoms with Crippen LogP contribution in [-0.2, 0) is 11.3 Å². The van der Waals surface area contributed by atoms with Crippen molar-refractivity contribution < 1.29 is 18.0 Å². The standard InChI is InChI=1S/C11H9F3N4O/c12-6-1-2-7(11(14)10(6)13)16-9(19)5-18-4-3-8(15)17-18/h1-4H,5H2,(H2,15,17)(H,16,19). The van der Waals surface area contributed by atoms with Crippen LogP contribution in [0.1, 0.15) is 0 Å². The summed E-state index contributed by atoms with van der Waals surface area (Å²) in [5.74, 6) is -4.83. The maximum atomic E-state index is 13.3. The Kier molecular flexibility index (Phi) is 3.41. The van der Waals surface area contributed by atoms with E-state index in [-0.39, 0.29) is 12.4 Å². The van der Waals surface area contributed by atoms with Crippen molar-refractivity contribution >= 4 is 17.4 Å². The summed E-state index contributed by atoms with van der Waals surface area (Å²) in [4.78, 5) is 11.5. The van der Waals surface area contributed by atoms with Gasteiger partial charge in [-0.1, -0.05) is 0 Å². The van der Waals surface area contributed by atoms with Crippen LogP contribution in [-0.4, -0.2) is 15.7 Å². The third-order valence-corrected chi connectivity index (χ3v) is 2.28. The molecular formula is C11H9F3N4O. The van der Waals surface area contributed by atoms with E-state index in [1.807, 2.05) is 0 Å². The quantitative estimate of drug-likeness (QED) is 0.830. The number of halogens is 3. The fourth-order valence-corrected chi connectivity index (χ4v) is 1.42. The molecule has 1 aromatic heterocycles. The van der Waals surface area contributed by atoms with Crippen LogP contribution < -0.4 is 11.1 Å². The summed E-state index contributed by atoms with van der Waals surface area (Å²) in [6, 6.07) is 3.13. The Morgan fingerprint density at radius 1 is 1.26 bits per heavy atom. The molecular weight excluding hydrogens is 261 g/mol. The number of nitrogens with two attached hydrogens (primary N) is 1. The predicted octanol–water partition coefficient (Wildman–Crippen LogP) is 1.52. The molecule has 8 heteroatoms. The summed E-state index contributed by atoms with van der Waals surface area (Å²) in [5, 5.41) is 5.87. The molecule has 0 aliphatic rings. The Balaban J connectivity index is 2.09. The molecule has 5 nitrogen and oxygen atoms in total. The molecule has 0 spiro atoms. The highest BCUT2D eigenvalue weighted by molar-refractivity contribution is 5.90. The maximum absolute atomic E-state index is 13.3. The average molecular weight is 270 g/mol. The number of nitrogen functional groups attached to an aromatic ring is 1. The van der Waals surface area contributed by atoms with Gasteiger partial charge in [0.05, 0.1) is 5.69 Å². The number of carbonyl (C=O) groups is 1. The summed E-state index contributed by atoms with van der Waals surface area (Å²) in [7, 11) is 0. The Morgan fingerprint density at radius 2 is 2.00 bits per heavy atom. The molecule has 0 saturated carbocycles. The van der Waals surface area contributed by atoms with Gasteiger partial charge in [-0.3, -0.25) is 9.48 Å². The van der Waals surface area contributed by atoms with Gasteiger partial charge < -0.3 is 11.1 Å². The highest BCUT2D eigenvalue weighted by Gasteiger charge is 2.15. The lowest BCUT2D eigenvalue weighted by molar-refractivity contribution is -0.116. The van der Waals surface area contributed by atoms with Crippen molar-refractivity contribution in [2.45, 2.75) is 6.54 Å². The van der Waals surface area contributed by atoms with Gasteiger partial charge in [-0.15, -0.1) is 0 Å². The van der Waals surface area contributed by atoms with E-state index in [0.29, 0.717) is 0 Å². The maximum Gasteiger partial charge on any atom is 0.246 e. The van der Waals surface area contributed by atoms with E-state index in [4.69, 9.17) is 5.73 Å². The number of anilines is 2. The van der Waals surface area contributed by atoms with E-state index in [1.54, 1.807) is 0 Å². The van der Waals surface area contributed by atoms with Gasteiger partial charge in [-0.25, -0.2) is 13.2 Å². The van der Waals surface area contributed by atoms with Gasteiger partial charge in [-0.2, -0.15) is 5.10 Å². The minimum atomic E-state index is -1.64. The minimum absolute atomic E-state index is 0.227. The van der Waals surface area contributed by atoms with Crippen molar-refractivity contribution in [2.24, 2.45) is 0 Å². The molecule has 0 unspecified atom stereocenters. The predicted molar refractivity (Wildman–Crippen MR) is 61.6 cm³/mol. The lowest BCUT2D eigenvalue weighted by Crippen LogP contribution is -2.20. The normalized spacial score (nSPS) is 10.5. The van der Waals surface area contributed by atoms with Gasteiger partial charge in [0.15, 0.2) is 17.5 Å². The SMILES string of the molecule is Nc1ccn(CC(=O)Nc2ccc(F)c(F)c2F)n1. The largest absolute Gasteiger partial charge is 0.382 e.